The molecule has 2 aliphatic heterocycles. The lowest BCUT2D eigenvalue weighted by Crippen LogP contribution is -2.42. The lowest BCUT2D eigenvalue weighted by molar-refractivity contribution is -0.178. The minimum atomic E-state index is -5.51. The van der Waals surface area contributed by atoms with Gasteiger partial charge in [-0.2, -0.15) is 4.31 Å². The minimum Gasteiger partial charge on any atom is -0.435 e. The van der Waals surface area contributed by atoms with Crippen molar-refractivity contribution in [3.05, 3.63) is 48.5 Å². The van der Waals surface area contributed by atoms with Crippen molar-refractivity contribution in [2.45, 2.75) is 69.6 Å². The Morgan fingerprint density at radius 3 is 2.13 bits per heavy atom. The molecule has 1 aromatic carbocycles. The van der Waals surface area contributed by atoms with Gasteiger partial charge in [-0.05, 0) is 19.4 Å². The second-order valence-electron chi connectivity index (χ2n) is 11.1. The van der Waals surface area contributed by atoms with Gasteiger partial charge in [0.25, 0.3) is 0 Å². The molecule has 2 saturated heterocycles. The number of hydrogen-bond donors (Lipinski definition) is 5. The Bertz CT molecular complexity index is 1800. The van der Waals surface area contributed by atoms with E-state index in [0.29, 0.717) is 5.56 Å². The Kier molecular flexibility index (Phi) is 13.4. The number of rotatable bonds is 16. The molecule has 3 aromatic rings. The third-order valence-electron chi connectivity index (χ3n) is 7.52. The van der Waals surface area contributed by atoms with E-state index in [-0.39, 0.29) is 36.8 Å². The van der Waals surface area contributed by atoms with Crippen molar-refractivity contribution in [2.75, 3.05) is 32.2 Å². The van der Waals surface area contributed by atoms with Gasteiger partial charge in [0.2, 0.25) is 0 Å². The molecule has 2 aliphatic rings. The quantitative estimate of drug-likeness (QED) is 0.101. The van der Waals surface area contributed by atoms with Crippen LogP contribution in [0.3, 0.4) is 0 Å². The molecular formula is C28H37N5O18P2. The number of aliphatic hydroxyl groups excluding tert-OH is 2. The molecule has 0 saturated carbocycles. The van der Waals surface area contributed by atoms with E-state index >= 15 is 0 Å². The molecule has 2 aromatic heterocycles. The molecule has 0 aliphatic carbocycles. The molecule has 25 heteroatoms. The number of phosphoric acid groups is 2. The fraction of sp³-hybridized carbons (Fsp3) is 0.536. The van der Waals surface area contributed by atoms with E-state index in [2.05, 4.69) is 19.3 Å². The van der Waals surface area contributed by atoms with Crippen molar-refractivity contribution in [3.8, 4) is 0 Å². The van der Waals surface area contributed by atoms with Gasteiger partial charge in [0.1, 0.15) is 36.3 Å². The van der Waals surface area contributed by atoms with Crippen molar-refractivity contribution in [1.29, 1.82) is 0 Å². The van der Waals surface area contributed by atoms with Crippen LogP contribution in [0.5, 0.6) is 0 Å². The summed E-state index contributed by atoms with van der Waals surface area (Å²) < 4.78 is 78.3. The van der Waals surface area contributed by atoms with Gasteiger partial charge in [-0.1, -0.05) is 30.3 Å². The molecule has 4 heterocycles. The van der Waals surface area contributed by atoms with Crippen LogP contribution in [0.4, 0.5) is 15.4 Å². The summed E-state index contributed by atoms with van der Waals surface area (Å²) in [7, 11) is -11.0. The molecule has 10 atom stereocenters. The summed E-state index contributed by atoms with van der Waals surface area (Å²) in [6.45, 7) is 0.834. The number of fused-ring (bicyclic) bond motifs is 1. The summed E-state index contributed by atoms with van der Waals surface area (Å²) in [4.78, 5) is 57.2. The maximum Gasteiger partial charge on any atom is 0.508 e. The van der Waals surface area contributed by atoms with Crippen LogP contribution in [-0.2, 0) is 62.3 Å². The van der Waals surface area contributed by atoms with Gasteiger partial charge in [0.05, 0.1) is 39.4 Å². The number of imidazole rings is 1. The summed E-state index contributed by atoms with van der Waals surface area (Å²) in [6, 6.07) is 8.71. The fourth-order valence-electron chi connectivity index (χ4n) is 5.17. The van der Waals surface area contributed by atoms with Crippen LogP contribution in [-0.4, -0.2) is 121 Å². The maximum atomic E-state index is 12.8. The zero-order chi connectivity index (χ0) is 38.3. The first-order chi connectivity index (χ1) is 25.2. The van der Waals surface area contributed by atoms with Gasteiger partial charge in [-0.3, -0.25) is 13.6 Å². The Morgan fingerprint density at radius 1 is 0.868 bits per heavy atom. The van der Waals surface area contributed by atoms with Gasteiger partial charge in [0.15, 0.2) is 36.2 Å². The van der Waals surface area contributed by atoms with Crippen molar-refractivity contribution >= 4 is 44.9 Å². The lowest BCUT2D eigenvalue weighted by atomic mass is 10.1. The first-order valence-corrected chi connectivity index (χ1v) is 18.8. The van der Waals surface area contributed by atoms with Gasteiger partial charge >= 0.3 is 28.0 Å². The van der Waals surface area contributed by atoms with Crippen LogP contribution in [0.1, 0.15) is 25.6 Å². The fourth-order valence-corrected chi connectivity index (χ4v) is 7.26. The summed E-state index contributed by atoms with van der Waals surface area (Å²) >= 11 is 0. The highest BCUT2D eigenvalue weighted by Crippen LogP contribution is 2.60. The number of nitrogens with zero attached hydrogens (tertiary/aromatic N) is 4. The summed E-state index contributed by atoms with van der Waals surface area (Å²) in [5, 5.41) is 21.2. The number of nitrogen functional groups attached to an aromatic ring is 1. The molecule has 0 radical (unpaired) electrons. The summed E-state index contributed by atoms with van der Waals surface area (Å²) in [6.07, 6.45) is -12.2. The van der Waals surface area contributed by atoms with Gasteiger partial charge in [-0.25, -0.2) is 33.7 Å². The third kappa shape index (κ3) is 10.2. The molecular weight excluding hydrogens is 756 g/mol. The first-order valence-electron chi connectivity index (χ1n) is 15.8. The SMILES string of the molecule is CCOC(=O)O[C@H]1[C@H](OCc2ccccc2)O[C@H](COP(=O)(O)OP(=O)(O)OC[C@H]2O[C@@H](n3cnc4c(N)ncnc43)[C@H](O)[C@@H]2O)[C@H]1OC(=O)OCC. The normalized spacial score (nSPS) is 27.9. The molecule has 6 N–H and O–H groups in total. The predicted molar refractivity (Wildman–Crippen MR) is 172 cm³/mol. The Morgan fingerprint density at radius 2 is 1.49 bits per heavy atom. The molecule has 2 unspecified atom stereocenters. The van der Waals surface area contributed by atoms with Gasteiger partial charge < -0.3 is 58.9 Å². The molecule has 23 nitrogen and oxygen atoms in total. The molecule has 0 bridgehead atoms. The number of aliphatic hydroxyl groups is 2. The molecule has 0 spiro atoms. The lowest BCUT2D eigenvalue weighted by Gasteiger charge is -2.24. The minimum absolute atomic E-state index is 0.0401. The Hall–Kier alpha value is -3.83. The maximum absolute atomic E-state index is 12.8. The number of ether oxygens (including phenoxy) is 7. The summed E-state index contributed by atoms with van der Waals surface area (Å²) in [5.74, 6) is 0.0401. The molecule has 5 rings (SSSR count). The number of carbonyl (C=O) groups excluding carboxylic acids is 2. The highest BCUT2D eigenvalue weighted by Gasteiger charge is 2.52. The highest BCUT2D eigenvalue weighted by molar-refractivity contribution is 7.61. The average molecular weight is 794 g/mol. The van der Waals surface area contributed by atoms with Crippen LogP contribution in [0.15, 0.2) is 43.0 Å². The molecule has 0 amide bonds. The van der Waals surface area contributed by atoms with Crippen molar-refractivity contribution in [3.63, 3.8) is 0 Å². The van der Waals surface area contributed by atoms with Crippen molar-refractivity contribution < 1.29 is 85.2 Å². The summed E-state index contributed by atoms with van der Waals surface area (Å²) in [5.41, 5.74) is 6.80. The third-order valence-corrected chi connectivity index (χ3v) is 10.1. The topological polar surface area (TPSA) is 311 Å². The highest BCUT2D eigenvalue weighted by atomic mass is 31.3. The Labute approximate surface area is 300 Å². The number of hydrogen-bond acceptors (Lipinski definition) is 20. The second kappa shape index (κ2) is 17.5. The van der Waals surface area contributed by atoms with E-state index in [4.69, 9.17) is 47.9 Å². The molecule has 292 valence electrons. The van der Waals surface area contributed by atoms with Crippen LogP contribution in [0.2, 0.25) is 0 Å². The number of nitrogens with two attached hydrogens (primary N) is 1. The van der Waals surface area contributed by atoms with Crippen LogP contribution in [0.25, 0.3) is 11.2 Å². The van der Waals surface area contributed by atoms with Gasteiger partial charge in [-0.15, -0.1) is 0 Å². The van der Waals surface area contributed by atoms with E-state index in [1.165, 1.54) is 24.7 Å². The number of benzene rings is 1. The second-order valence-corrected chi connectivity index (χ2v) is 14.2. The smallest absolute Gasteiger partial charge is 0.435 e. The van der Waals surface area contributed by atoms with Crippen LogP contribution < -0.4 is 5.73 Å². The largest absolute Gasteiger partial charge is 0.508 e. The van der Waals surface area contributed by atoms with Crippen molar-refractivity contribution in [2.24, 2.45) is 0 Å². The number of anilines is 1. The number of phosphoric ester groups is 2. The van der Waals surface area contributed by atoms with Crippen molar-refractivity contribution in [1.82, 2.24) is 19.5 Å². The predicted octanol–water partition coefficient (Wildman–Crippen LogP) is 1.30. The van der Waals surface area contributed by atoms with Crippen LogP contribution >= 0.6 is 15.6 Å². The van der Waals surface area contributed by atoms with E-state index in [1.54, 1.807) is 30.3 Å². The van der Waals surface area contributed by atoms with E-state index in [0.717, 1.165) is 6.33 Å². The van der Waals surface area contributed by atoms with E-state index in [9.17, 15) is 38.7 Å². The standard InChI is InChI=1S/C28H37N5O18P2/c1-3-42-27(36)49-21-17(48-26(22(21)50-28(37)43-4-2)44-10-15-8-6-5-7-9-15)12-46-53(40,41)51-52(38,39)45-11-16-19(34)20(35)25(47-16)33-14-32-18-23(29)30-13-31-24(18)33/h5-9,13-14,16-17,19-22,25-26,34-35H,3-4,10-12H2,1-2H3,(H,38,39)(H,40,41)(H2,29,30,31)/t16-,17-,19-,20-,21-,22-,25-,26-/m1/s1. The first kappa shape index (κ1) is 40.4. The van der Waals surface area contributed by atoms with E-state index < -0.39 is 90.3 Å². The number of carbonyl (C=O) groups is 2. The molecule has 2 fully saturated rings. The average Bonchev–Trinajstić information content (AvgIpc) is 3.76. The van der Waals surface area contributed by atoms with Crippen LogP contribution in [0, 0.1) is 0 Å². The zero-order valence-corrected chi connectivity index (χ0v) is 29.7. The zero-order valence-electron chi connectivity index (χ0n) is 28.0. The number of aromatic nitrogens is 4. The Balaban J connectivity index is 1.22. The van der Waals surface area contributed by atoms with E-state index in [1.807, 2.05) is 0 Å². The molecule has 53 heavy (non-hydrogen) atoms. The van der Waals surface area contributed by atoms with Gasteiger partial charge in [0, 0.05) is 0 Å². The monoisotopic (exact) mass is 793 g/mol.